The lowest BCUT2D eigenvalue weighted by molar-refractivity contribution is 0.414. The number of hydrogen-bond donors (Lipinski definition) is 1. The van der Waals surface area contributed by atoms with Gasteiger partial charge in [-0.25, -0.2) is 18.4 Å². The van der Waals surface area contributed by atoms with Crippen LogP contribution in [0.2, 0.25) is 0 Å². The van der Waals surface area contributed by atoms with E-state index in [9.17, 15) is 8.42 Å². The summed E-state index contributed by atoms with van der Waals surface area (Å²) < 4.78 is 40.4. The molecule has 0 aliphatic heterocycles. The predicted molar refractivity (Wildman–Crippen MR) is 109 cm³/mol. The monoisotopic (exact) mass is 410 g/mol. The molecule has 0 bridgehead atoms. The van der Waals surface area contributed by atoms with Crippen LogP contribution in [0.3, 0.4) is 0 Å². The van der Waals surface area contributed by atoms with Gasteiger partial charge in [-0.3, -0.25) is 9.12 Å². The Kier molecular flexibility index (Phi) is 4.81. The molecule has 8 nitrogen and oxygen atoms in total. The van der Waals surface area contributed by atoms with Crippen LogP contribution in [-0.4, -0.2) is 37.0 Å². The average molecular weight is 410 g/mol. The first-order chi connectivity index (χ1) is 14.0. The summed E-state index contributed by atoms with van der Waals surface area (Å²) in [5.41, 5.74) is 1.70. The van der Waals surface area contributed by atoms with Gasteiger partial charge < -0.3 is 9.47 Å². The van der Waals surface area contributed by atoms with Crippen molar-refractivity contribution in [2.24, 2.45) is 0 Å². The first kappa shape index (κ1) is 18.8. The first-order valence-electron chi connectivity index (χ1n) is 8.65. The molecule has 0 unspecified atom stereocenters. The molecule has 2 heterocycles. The molecule has 9 heteroatoms. The molecule has 0 saturated heterocycles. The van der Waals surface area contributed by atoms with Gasteiger partial charge in [-0.2, -0.15) is 0 Å². The average Bonchev–Trinajstić information content (AvgIpc) is 3.18. The molecule has 148 valence electrons. The molecular weight excluding hydrogens is 392 g/mol. The standard InChI is InChI=1S/C20H18N4O4S/c1-27-15-5-7-16(8-6-15)29(25,26)23-17-12-14(4-9-19(17)28-2)18-13-24-11-3-10-21-20(24)22-18/h3-13,23H,1-2H3. The Bertz CT molecular complexity index is 1230. The molecule has 1 N–H and O–H groups in total. The Balaban J connectivity index is 1.71. The predicted octanol–water partition coefficient (Wildman–Crippen LogP) is 3.21. The minimum atomic E-state index is -3.82. The lowest BCUT2D eigenvalue weighted by atomic mass is 10.1. The summed E-state index contributed by atoms with van der Waals surface area (Å²) in [5.74, 6) is 1.52. The number of anilines is 1. The highest BCUT2D eigenvalue weighted by molar-refractivity contribution is 7.92. The fraction of sp³-hybridized carbons (Fsp3) is 0.100. The van der Waals surface area contributed by atoms with Crippen molar-refractivity contribution in [3.63, 3.8) is 0 Å². The lowest BCUT2D eigenvalue weighted by Crippen LogP contribution is -2.13. The van der Waals surface area contributed by atoms with Gasteiger partial charge in [0.15, 0.2) is 0 Å². The number of sulfonamides is 1. The topological polar surface area (TPSA) is 94.8 Å². The van der Waals surface area contributed by atoms with Crippen molar-refractivity contribution in [2.45, 2.75) is 4.90 Å². The molecule has 0 spiro atoms. The van der Waals surface area contributed by atoms with Crippen molar-refractivity contribution in [1.29, 1.82) is 0 Å². The highest BCUT2D eigenvalue weighted by Crippen LogP contribution is 2.32. The zero-order valence-corrected chi connectivity index (χ0v) is 16.6. The van der Waals surface area contributed by atoms with Crippen LogP contribution in [0.25, 0.3) is 17.0 Å². The summed E-state index contributed by atoms with van der Waals surface area (Å²) in [7, 11) is -0.816. The molecule has 0 saturated carbocycles. The van der Waals surface area contributed by atoms with Crippen molar-refractivity contribution in [3.8, 4) is 22.8 Å². The summed E-state index contributed by atoms with van der Waals surface area (Å²) in [6.45, 7) is 0. The van der Waals surface area contributed by atoms with Gasteiger partial charge in [0, 0.05) is 24.2 Å². The Morgan fingerprint density at radius 2 is 1.83 bits per heavy atom. The maximum absolute atomic E-state index is 12.8. The van der Waals surface area contributed by atoms with E-state index in [2.05, 4.69) is 14.7 Å². The normalized spacial score (nSPS) is 11.4. The molecule has 0 aliphatic carbocycles. The van der Waals surface area contributed by atoms with Crippen LogP contribution in [0.1, 0.15) is 0 Å². The summed E-state index contributed by atoms with van der Waals surface area (Å²) in [6.07, 6.45) is 5.33. The highest BCUT2D eigenvalue weighted by atomic mass is 32.2. The van der Waals surface area contributed by atoms with Gasteiger partial charge in [0.25, 0.3) is 10.0 Å². The van der Waals surface area contributed by atoms with Crippen molar-refractivity contribution in [3.05, 3.63) is 67.1 Å². The number of imidazole rings is 1. The number of hydrogen-bond acceptors (Lipinski definition) is 6. The van der Waals surface area contributed by atoms with Crippen LogP contribution in [0.4, 0.5) is 5.69 Å². The van der Waals surface area contributed by atoms with Crippen LogP contribution < -0.4 is 14.2 Å². The number of nitrogens with one attached hydrogen (secondary N) is 1. The van der Waals surface area contributed by atoms with Crippen molar-refractivity contribution >= 4 is 21.5 Å². The van der Waals surface area contributed by atoms with Crippen LogP contribution in [0.15, 0.2) is 72.0 Å². The number of methoxy groups -OCH3 is 2. The molecule has 0 fully saturated rings. The van der Waals surface area contributed by atoms with Gasteiger partial charge in [-0.05, 0) is 48.5 Å². The van der Waals surface area contributed by atoms with E-state index < -0.39 is 10.0 Å². The van der Waals surface area contributed by atoms with Crippen LogP contribution >= 0.6 is 0 Å². The Morgan fingerprint density at radius 1 is 1.03 bits per heavy atom. The van der Waals surface area contributed by atoms with Gasteiger partial charge in [0.05, 0.1) is 30.5 Å². The zero-order valence-electron chi connectivity index (χ0n) is 15.7. The third-order valence-electron chi connectivity index (χ3n) is 4.34. The van der Waals surface area contributed by atoms with Gasteiger partial charge >= 0.3 is 0 Å². The molecule has 0 amide bonds. The zero-order chi connectivity index (χ0) is 20.4. The second-order valence-electron chi connectivity index (χ2n) is 6.15. The van der Waals surface area contributed by atoms with Gasteiger partial charge in [-0.1, -0.05) is 0 Å². The van der Waals surface area contributed by atoms with Crippen LogP contribution in [0, 0.1) is 0 Å². The summed E-state index contributed by atoms with van der Waals surface area (Å²) in [5, 5.41) is 0. The van der Waals surface area contributed by atoms with Crippen LogP contribution in [-0.2, 0) is 10.0 Å². The SMILES string of the molecule is COc1ccc(S(=O)(=O)Nc2cc(-c3cn4cccnc4n3)ccc2OC)cc1. The van der Waals surface area contributed by atoms with Gasteiger partial charge in [0.2, 0.25) is 5.78 Å². The quantitative estimate of drug-likeness (QED) is 0.524. The van der Waals surface area contributed by atoms with E-state index in [0.717, 1.165) is 5.56 Å². The van der Waals surface area contributed by atoms with E-state index in [0.29, 0.717) is 28.7 Å². The minimum Gasteiger partial charge on any atom is -0.497 e. The van der Waals surface area contributed by atoms with E-state index in [4.69, 9.17) is 9.47 Å². The second kappa shape index (κ2) is 7.44. The second-order valence-corrected chi connectivity index (χ2v) is 7.83. The molecule has 0 atom stereocenters. The number of fused-ring (bicyclic) bond motifs is 1. The van der Waals surface area contributed by atoms with E-state index in [1.165, 1.54) is 26.4 Å². The molecule has 29 heavy (non-hydrogen) atoms. The van der Waals surface area contributed by atoms with E-state index in [1.807, 2.05) is 18.5 Å². The lowest BCUT2D eigenvalue weighted by Gasteiger charge is -2.13. The van der Waals surface area contributed by atoms with Crippen molar-refractivity contribution in [1.82, 2.24) is 14.4 Å². The van der Waals surface area contributed by atoms with Crippen molar-refractivity contribution < 1.29 is 17.9 Å². The third-order valence-corrected chi connectivity index (χ3v) is 5.73. The fourth-order valence-corrected chi connectivity index (χ4v) is 3.94. The molecular formula is C20H18N4O4S. The maximum Gasteiger partial charge on any atom is 0.262 e. The summed E-state index contributed by atoms with van der Waals surface area (Å²) >= 11 is 0. The number of benzene rings is 2. The molecule has 0 radical (unpaired) electrons. The van der Waals surface area contributed by atoms with E-state index in [-0.39, 0.29) is 4.90 Å². The summed E-state index contributed by atoms with van der Waals surface area (Å²) in [6, 6.07) is 13.1. The Hall–Kier alpha value is -3.59. The third kappa shape index (κ3) is 3.72. The van der Waals surface area contributed by atoms with Gasteiger partial charge in [-0.15, -0.1) is 0 Å². The molecule has 2 aromatic heterocycles. The smallest absolute Gasteiger partial charge is 0.262 e. The van der Waals surface area contributed by atoms with Crippen LogP contribution in [0.5, 0.6) is 11.5 Å². The van der Waals surface area contributed by atoms with E-state index >= 15 is 0 Å². The number of rotatable bonds is 6. The Morgan fingerprint density at radius 3 is 2.52 bits per heavy atom. The molecule has 0 aliphatic rings. The number of nitrogens with zero attached hydrogens (tertiary/aromatic N) is 3. The fourth-order valence-electron chi connectivity index (χ4n) is 2.87. The molecule has 4 rings (SSSR count). The number of aromatic nitrogens is 3. The van der Waals surface area contributed by atoms with Crippen molar-refractivity contribution in [2.75, 3.05) is 18.9 Å². The Labute approximate surface area is 167 Å². The maximum atomic E-state index is 12.8. The largest absolute Gasteiger partial charge is 0.497 e. The van der Waals surface area contributed by atoms with Gasteiger partial charge in [0.1, 0.15) is 11.5 Å². The summed E-state index contributed by atoms with van der Waals surface area (Å²) in [4.78, 5) is 8.79. The molecule has 2 aromatic carbocycles. The molecule has 4 aromatic rings. The first-order valence-corrected chi connectivity index (χ1v) is 10.1. The minimum absolute atomic E-state index is 0.114. The number of ether oxygens (including phenoxy) is 2. The van der Waals surface area contributed by atoms with E-state index in [1.54, 1.807) is 40.9 Å². The highest BCUT2D eigenvalue weighted by Gasteiger charge is 2.18.